The second-order valence-corrected chi connectivity index (χ2v) is 10.5. The standard InChI is InChI=1S/C30H32ClF2N5O5/c1-18-8-6-7-9-19(2)38(12-13-43-37-18)30(41)26-28(42-17-20-10-4-3-5-11-20)27(39)21(14-35-26)29(40)36-16-23-25(33)24(31)22(32)15-34-23/h3-5,10-11,14-15,19H,6-9,12-13,16-17H2,1-2H3,(H,35,39)(H,36,40)/b37-18-. The SMILES string of the molecule is C/C1=N/OCCN(C(=O)c2[nH]cc(C(=O)NCc3ncc(F)c(Cl)c3F)c(=O)c2OCc2ccccc2)C(C)CCCC1. The molecule has 0 saturated carbocycles. The smallest absolute Gasteiger partial charge is 0.274 e. The highest BCUT2D eigenvalue weighted by atomic mass is 35.5. The van der Waals surface area contributed by atoms with Gasteiger partial charge in [0.15, 0.2) is 23.1 Å². The van der Waals surface area contributed by atoms with Gasteiger partial charge in [-0.15, -0.1) is 0 Å². The Bertz CT molecular complexity index is 1550. The van der Waals surface area contributed by atoms with Crippen molar-refractivity contribution in [3.63, 3.8) is 0 Å². The monoisotopic (exact) mass is 615 g/mol. The van der Waals surface area contributed by atoms with Crippen LogP contribution in [0.4, 0.5) is 8.78 Å². The van der Waals surface area contributed by atoms with Crippen molar-refractivity contribution in [1.82, 2.24) is 20.2 Å². The lowest BCUT2D eigenvalue weighted by atomic mass is 10.1. The van der Waals surface area contributed by atoms with Crippen LogP contribution in [-0.4, -0.2) is 51.6 Å². The van der Waals surface area contributed by atoms with Crippen molar-refractivity contribution < 1.29 is 27.9 Å². The van der Waals surface area contributed by atoms with E-state index < -0.39 is 40.4 Å². The molecule has 2 amide bonds. The summed E-state index contributed by atoms with van der Waals surface area (Å²) in [5.74, 6) is -3.91. The largest absolute Gasteiger partial charge is 0.483 e. The number of hydrogen-bond donors (Lipinski definition) is 2. The predicted molar refractivity (Wildman–Crippen MR) is 156 cm³/mol. The lowest BCUT2D eigenvalue weighted by Gasteiger charge is -2.29. The third kappa shape index (κ3) is 7.95. The number of ether oxygens (including phenoxy) is 1. The number of hydrogen-bond acceptors (Lipinski definition) is 7. The first kappa shape index (κ1) is 31.6. The van der Waals surface area contributed by atoms with Gasteiger partial charge in [0.05, 0.1) is 30.7 Å². The summed E-state index contributed by atoms with van der Waals surface area (Å²) in [5.41, 5.74) is -0.0656. The summed E-state index contributed by atoms with van der Waals surface area (Å²) >= 11 is 5.59. The van der Waals surface area contributed by atoms with Crippen molar-refractivity contribution in [2.75, 3.05) is 13.2 Å². The number of pyridine rings is 2. The molecule has 10 nitrogen and oxygen atoms in total. The van der Waals surface area contributed by atoms with E-state index in [9.17, 15) is 23.2 Å². The van der Waals surface area contributed by atoms with Gasteiger partial charge in [-0.3, -0.25) is 19.4 Å². The molecule has 228 valence electrons. The zero-order valence-electron chi connectivity index (χ0n) is 23.8. The maximum Gasteiger partial charge on any atom is 0.274 e. The molecular formula is C30H32ClF2N5O5. The van der Waals surface area contributed by atoms with Gasteiger partial charge < -0.3 is 24.8 Å². The molecule has 0 spiro atoms. The number of H-pyrrole nitrogens is 1. The number of aromatic amines is 1. The van der Waals surface area contributed by atoms with Crippen LogP contribution in [0, 0.1) is 11.6 Å². The topological polar surface area (TPSA) is 126 Å². The van der Waals surface area contributed by atoms with Crippen molar-refractivity contribution in [2.24, 2.45) is 5.16 Å². The molecule has 1 unspecified atom stereocenters. The van der Waals surface area contributed by atoms with Gasteiger partial charge in [-0.1, -0.05) is 53.5 Å². The molecule has 0 aliphatic carbocycles. The Kier molecular flexibility index (Phi) is 10.8. The number of carbonyl (C=O) groups is 2. The molecular weight excluding hydrogens is 584 g/mol. The predicted octanol–water partition coefficient (Wildman–Crippen LogP) is 5.01. The number of oxime groups is 1. The summed E-state index contributed by atoms with van der Waals surface area (Å²) in [4.78, 5) is 53.9. The molecule has 1 atom stereocenters. The Morgan fingerprint density at radius 2 is 2.00 bits per heavy atom. The van der Waals surface area contributed by atoms with Crippen molar-refractivity contribution in [3.8, 4) is 5.75 Å². The van der Waals surface area contributed by atoms with Crippen LogP contribution in [-0.2, 0) is 18.0 Å². The molecule has 0 saturated heterocycles. The van der Waals surface area contributed by atoms with E-state index in [2.05, 4.69) is 20.4 Å². The summed E-state index contributed by atoms with van der Waals surface area (Å²) in [5, 5.41) is 5.71. The maximum atomic E-state index is 14.3. The van der Waals surface area contributed by atoms with Gasteiger partial charge in [0.25, 0.3) is 11.8 Å². The number of benzene rings is 1. The van der Waals surface area contributed by atoms with E-state index in [4.69, 9.17) is 21.2 Å². The average Bonchev–Trinajstić information content (AvgIpc) is 3.04. The summed E-state index contributed by atoms with van der Waals surface area (Å²) in [6, 6.07) is 8.82. The highest BCUT2D eigenvalue weighted by Gasteiger charge is 2.29. The molecule has 13 heteroatoms. The zero-order chi connectivity index (χ0) is 30.9. The maximum absolute atomic E-state index is 14.3. The number of carbonyl (C=O) groups excluding carboxylic acids is 2. The molecule has 4 rings (SSSR count). The van der Waals surface area contributed by atoms with Gasteiger partial charge in [-0.05, 0) is 38.7 Å². The lowest BCUT2D eigenvalue weighted by molar-refractivity contribution is 0.0551. The van der Waals surface area contributed by atoms with Crippen LogP contribution in [0.2, 0.25) is 5.02 Å². The van der Waals surface area contributed by atoms with Gasteiger partial charge >= 0.3 is 0 Å². The lowest BCUT2D eigenvalue weighted by Crippen LogP contribution is -2.42. The number of nitrogens with one attached hydrogen (secondary N) is 2. The van der Waals surface area contributed by atoms with Crippen molar-refractivity contribution in [3.05, 3.63) is 92.1 Å². The Morgan fingerprint density at radius 3 is 2.77 bits per heavy atom. The Labute approximate surface area is 252 Å². The molecule has 1 aliphatic heterocycles. The number of aromatic nitrogens is 2. The summed E-state index contributed by atoms with van der Waals surface area (Å²) in [6.07, 6.45) is 5.10. The van der Waals surface area contributed by atoms with Crippen LogP contribution in [0.3, 0.4) is 0 Å². The number of halogens is 3. The van der Waals surface area contributed by atoms with Gasteiger partial charge in [-0.2, -0.15) is 0 Å². The average molecular weight is 616 g/mol. The molecule has 3 aromatic rings. The Morgan fingerprint density at radius 1 is 1.23 bits per heavy atom. The first-order chi connectivity index (χ1) is 20.7. The highest BCUT2D eigenvalue weighted by Crippen LogP contribution is 2.22. The van der Waals surface area contributed by atoms with Crippen molar-refractivity contribution >= 4 is 29.1 Å². The van der Waals surface area contributed by atoms with Crippen LogP contribution in [0.5, 0.6) is 5.75 Å². The quantitative estimate of drug-likeness (QED) is 0.385. The fourth-order valence-electron chi connectivity index (χ4n) is 4.55. The molecule has 0 fully saturated rings. The van der Waals surface area contributed by atoms with E-state index in [1.165, 1.54) is 0 Å². The van der Waals surface area contributed by atoms with E-state index in [0.717, 1.165) is 49.4 Å². The molecule has 2 N–H and O–H groups in total. The summed E-state index contributed by atoms with van der Waals surface area (Å²) < 4.78 is 33.6. The van der Waals surface area contributed by atoms with Crippen LogP contribution < -0.4 is 15.5 Å². The van der Waals surface area contributed by atoms with Crippen LogP contribution in [0.25, 0.3) is 0 Å². The normalized spacial score (nSPS) is 17.2. The van der Waals surface area contributed by atoms with Crippen LogP contribution >= 0.6 is 11.6 Å². The third-order valence-electron chi connectivity index (χ3n) is 6.98. The van der Waals surface area contributed by atoms with E-state index in [1.807, 2.05) is 19.9 Å². The minimum atomic E-state index is -1.13. The van der Waals surface area contributed by atoms with Crippen LogP contribution in [0.1, 0.15) is 71.6 Å². The van der Waals surface area contributed by atoms with Crippen LogP contribution in [0.15, 0.2) is 52.7 Å². The summed E-state index contributed by atoms with van der Waals surface area (Å²) in [6.45, 7) is 3.64. The fraction of sp³-hybridized carbons (Fsp3) is 0.367. The molecule has 3 heterocycles. The molecule has 0 bridgehead atoms. The minimum absolute atomic E-state index is 0.0505. The van der Waals surface area contributed by atoms with Gasteiger partial charge in [0.1, 0.15) is 23.8 Å². The zero-order valence-corrected chi connectivity index (χ0v) is 24.5. The Hall–Kier alpha value is -4.32. The minimum Gasteiger partial charge on any atom is -0.483 e. The van der Waals surface area contributed by atoms with Crippen molar-refractivity contribution in [2.45, 2.75) is 58.7 Å². The van der Waals surface area contributed by atoms with E-state index >= 15 is 0 Å². The molecule has 1 aliphatic rings. The second-order valence-electron chi connectivity index (χ2n) is 10.1. The number of amides is 2. The first-order valence-electron chi connectivity index (χ1n) is 13.8. The second kappa shape index (κ2) is 14.7. The van der Waals surface area contributed by atoms with E-state index in [1.54, 1.807) is 29.2 Å². The third-order valence-corrected chi connectivity index (χ3v) is 7.32. The number of nitrogens with zero attached hydrogens (tertiary/aromatic N) is 3. The highest BCUT2D eigenvalue weighted by molar-refractivity contribution is 6.30. The first-order valence-corrected chi connectivity index (χ1v) is 14.2. The fourth-order valence-corrected chi connectivity index (χ4v) is 4.71. The molecule has 2 aromatic heterocycles. The van der Waals surface area contributed by atoms with Gasteiger partial charge in [-0.25, -0.2) is 8.78 Å². The summed E-state index contributed by atoms with van der Waals surface area (Å²) in [7, 11) is 0. The molecule has 43 heavy (non-hydrogen) atoms. The van der Waals surface area contributed by atoms with E-state index in [-0.39, 0.29) is 48.5 Å². The van der Waals surface area contributed by atoms with Gasteiger partial charge in [0, 0.05) is 12.2 Å². The molecule has 0 radical (unpaired) electrons. The molecule has 1 aromatic carbocycles. The Balaban J connectivity index is 1.63. The van der Waals surface area contributed by atoms with Gasteiger partial charge in [0.2, 0.25) is 5.43 Å². The number of rotatable bonds is 7. The van der Waals surface area contributed by atoms with Crippen molar-refractivity contribution in [1.29, 1.82) is 0 Å². The van der Waals surface area contributed by atoms with E-state index in [0.29, 0.717) is 0 Å².